The molecule has 6 nitrogen and oxygen atoms in total. The molecule has 0 unspecified atom stereocenters. The molecule has 0 fully saturated rings. The summed E-state index contributed by atoms with van der Waals surface area (Å²) in [7, 11) is 1.25. The van der Waals surface area contributed by atoms with Crippen molar-refractivity contribution in [3.63, 3.8) is 0 Å². The molecule has 0 heterocycles. The Balaban J connectivity index is 2.15. The largest absolute Gasteiger partial charge is 0.480 e. The molecule has 2 aromatic carbocycles. The Labute approximate surface area is 145 Å². The lowest BCUT2D eigenvalue weighted by Gasteiger charge is -2.15. The standard InChI is InChI=1S/C19H19NO5/c1-12-5-3-6-13(9-12)10-16(18(22)23)20-17(21)14-7-4-8-15(11-14)19(24)25-2/h3-9,11,16H,10H2,1-2H3,(H,20,21)(H,22,23)/t16-/m1/s1. The number of aliphatic carboxylic acids is 1. The second-order valence-corrected chi connectivity index (χ2v) is 5.63. The lowest BCUT2D eigenvalue weighted by molar-refractivity contribution is -0.139. The van der Waals surface area contributed by atoms with E-state index in [1.807, 2.05) is 31.2 Å². The van der Waals surface area contributed by atoms with Crippen LogP contribution in [-0.4, -0.2) is 36.1 Å². The molecule has 6 heteroatoms. The number of carboxylic acid groups (broad SMARTS) is 1. The third kappa shape index (κ3) is 4.91. The Hall–Kier alpha value is -3.15. The predicted molar refractivity (Wildman–Crippen MR) is 91.6 cm³/mol. The van der Waals surface area contributed by atoms with Crippen molar-refractivity contribution in [3.05, 3.63) is 70.8 Å². The molecular formula is C19H19NO5. The van der Waals surface area contributed by atoms with Crippen molar-refractivity contribution < 1.29 is 24.2 Å². The minimum absolute atomic E-state index is 0.166. The van der Waals surface area contributed by atoms with E-state index in [-0.39, 0.29) is 17.5 Å². The topological polar surface area (TPSA) is 92.7 Å². The van der Waals surface area contributed by atoms with Gasteiger partial charge >= 0.3 is 11.9 Å². The zero-order valence-corrected chi connectivity index (χ0v) is 14.0. The number of amides is 1. The molecule has 25 heavy (non-hydrogen) atoms. The monoisotopic (exact) mass is 341 g/mol. The fourth-order valence-corrected chi connectivity index (χ4v) is 2.42. The van der Waals surface area contributed by atoms with Crippen LogP contribution in [0.5, 0.6) is 0 Å². The van der Waals surface area contributed by atoms with Crippen LogP contribution in [0.3, 0.4) is 0 Å². The van der Waals surface area contributed by atoms with Gasteiger partial charge in [-0.25, -0.2) is 9.59 Å². The second-order valence-electron chi connectivity index (χ2n) is 5.63. The van der Waals surface area contributed by atoms with E-state index in [9.17, 15) is 19.5 Å². The summed E-state index contributed by atoms with van der Waals surface area (Å²) in [5.74, 6) is -2.26. The van der Waals surface area contributed by atoms with Crippen molar-refractivity contribution in [1.29, 1.82) is 0 Å². The minimum Gasteiger partial charge on any atom is -0.480 e. The van der Waals surface area contributed by atoms with E-state index in [0.29, 0.717) is 0 Å². The maximum Gasteiger partial charge on any atom is 0.337 e. The number of benzene rings is 2. The van der Waals surface area contributed by atoms with Gasteiger partial charge in [0.15, 0.2) is 0 Å². The van der Waals surface area contributed by atoms with Gasteiger partial charge in [0.2, 0.25) is 0 Å². The van der Waals surface area contributed by atoms with Crippen molar-refractivity contribution >= 4 is 17.8 Å². The molecule has 0 saturated carbocycles. The van der Waals surface area contributed by atoms with E-state index in [1.54, 1.807) is 0 Å². The van der Waals surface area contributed by atoms with Crippen LogP contribution < -0.4 is 5.32 Å². The number of methoxy groups -OCH3 is 1. The summed E-state index contributed by atoms with van der Waals surface area (Å²) < 4.78 is 4.62. The van der Waals surface area contributed by atoms with E-state index in [0.717, 1.165) is 11.1 Å². The van der Waals surface area contributed by atoms with Crippen molar-refractivity contribution in [3.8, 4) is 0 Å². The second kappa shape index (κ2) is 8.10. The maximum atomic E-state index is 12.4. The normalized spacial score (nSPS) is 11.4. The summed E-state index contributed by atoms with van der Waals surface area (Å²) in [5.41, 5.74) is 2.24. The molecule has 2 rings (SSSR count). The van der Waals surface area contributed by atoms with Crippen LogP contribution in [0, 0.1) is 6.92 Å². The average molecular weight is 341 g/mol. The van der Waals surface area contributed by atoms with Crippen molar-refractivity contribution in [1.82, 2.24) is 5.32 Å². The Morgan fingerprint density at radius 3 is 2.40 bits per heavy atom. The number of rotatable bonds is 6. The molecule has 2 aromatic rings. The molecule has 0 aliphatic rings. The van der Waals surface area contributed by atoms with Gasteiger partial charge in [-0.1, -0.05) is 35.9 Å². The van der Waals surface area contributed by atoms with Gasteiger partial charge in [0.25, 0.3) is 5.91 Å². The number of aryl methyl sites for hydroxylation is 1. The first kappa shape index (κ1) is 18.2. The number of esters is 1. The SMILES string of the molecule is COC(=O)c1cccc(C(=O)N[C@H](Cc2cccc(C)c2)C(=O)O)c1. The fraction of sp³-hybridized carbons (Fsp3) is 0.211. The summed E-state index contributed by atoms with van der Waals surface area (Å²) in [6.07, 6.45) is 0.166. The van der Waals surface area contributed by atoms with Crippen molar-refractivity contribution in [2.45, 2.75) is 19.4 Å². The third-order valence-electron chi connectivity index (χ3n) is 3.67. The number of nitrogens with one attached hydrogen (secondary N) is 1. The molecule has 0 spiro atoms. The zero-order chi connectivity index (χ0) is 18.4. The number of ether oxygens (including phenoxy) is 1. The van der Waals surface area contributed by atoms with Crippen molar-refractivity contribution in [2.75, 3.05) is 7.11 Å². The van der Waals surface area contributed by atoms with E-state index in [4.69, 9.17) is 0 Å². The van der Waals surface area contributed by atoms with Gasteiger partial charge in [0.1, 0.15) is 6.04 Å². The number of carbonyl (C=O) groups excluding carboxylic acids is 2. The maximum absolute atomic E-state index is 12.4. The predicted octanol–water partition coefficient (Wildman–Crippen LogP) is 2.21. The minimum atomic E-state index is -1.13. The van der Waals surface area contributed by atoms with Gasteiger partial charge in [0, 0.05) is 12.0 Å². The van der Waals surface area contributed by atoms with Crippen molar-refractivity contribution in [2.24, 2.45) is 0 Å². The smallest absolute Gasteiger partial charge is 0.337 e. The Morgan fingerprint density at radius 1 is 1.08 bits per heavy atom. The first-order valence-electron chi connectivity index (χ1n) is 7.68. The van der Waals surface area contributed by atoms with Gasteiger partial charge in [-0.2, -0.15) is 0 Å². The summed E-state index contributed by atoms with van der Waals surface area (Å²) in [6.45, 7) is 1.91. The molecule has 1 atom stereocenters. The van der Waals surface area contributed by atoms with Gasteiger partial charge in [0.05, 0.1) is 12.7 Å². The molecule has 0 bridgehead atoms. The Bertz CT molecular complexity index is 800. The van der Waals surface area contributed by atoms with Crippen LogP contribution in [0.15, 0.2) is 48.5 Å². The van der Waals surface area contributed by atoms with Crippen LogP contribution in [0.4, 0.5) is 0 Å². The van der Waals surface area contributed by atoms with Gasteiger partial charge in [-0.3, -0.25) is 4.79 Å². The highest BCUT2D eigenvalue weighted by Gasteiger charge is 2.21. The van der Waals surface area contributed by atoms with Gasteiger partial charge in [-0.15, -0.1) is 0 Å². The number of carboxylic acids is 1. The summed E-state index contributed by atoms with van der Waals surface area (Å²) >= 11 is 0. The third-order valence-corrected chi connectivity index (χ3v) is 3.67. The lowest BCUT2D eigenvalue weighted by Crippen LogP contribution is -2.42. The number of carbonyl (C=O) groups is 3. The first-order valence-corrected chi connectivity index (χ1v) is 7.68. The highest BCUT2D eigenvalue weighted by atomic mass is 16.5. The van der Waals surface area contributed by atoms with E-state index < -0.39 is 23.9 Å². The Kier molecular flexibility index (Phi) is 5.89. The summed E-state index contributed by atoms with van der Waals surface area (Å²) in [4.78, 5) is 35.4. The fourth-order valence-electron chi connectivity index (χ4n) is 2.42. The molecular weight excluding hydrogens is 322 g/mol. The molecule has 0 aliphatic carbocycles. The quantitative estimate of drug-likeness (QED) is 0.786. The van der Waals surface area contributed by atoms with E-state index in [2.05, 4.69) is 10.1 Å². The lowest BCUT2D eigenvalue weighted by atomic mass is 10.0. The zero-order valence-electron chi connectivity index (χ0n) is 14.0. The summed E-state index contributed by atoms with van der Waals surface area (Å²) in [6, 6.07) is 12.3. The summed E-state index contributed by atoms with van der Waals surface area (Å²) in [5, 5.41) is 11.9. The molecule has 130 valence electrons. The number of hydrogen-bond donors (Lipinski definition) is 2. The van der Waals surface area contributed by atoms with Gasteiger partial charge in [-0.05, 0) is 30.7 Å². The molecule has 0 radical (unpaired) electrons. The molecule has 0 aliphatic heterocycles. The van der Waals surface area contributed by atoms with E-state index in [1.165, 1.54) is 31.4 Å². The molecule has 0 saturated heterocycles. The van der Waals surface area contributed by atoms with Crippen LogP contribution >= 0.6 is 0 Å². The molecule has 2 N–H and O–H groups in total. The van der Waals surface area contributed by atoms with Gasteiger partial charge < -0.3 is 15.2 Å². The number of hydrogen-bond acceptors (Lipinski definition) is 4. The van der Waals surface area contributed by atoms with Crippen LogP contribution in [0.25, 0.3) is 0 Å². The highest BCUT2D eigenvalue weighted by Crippen LogP contribution is 2.10. The van der Waals surface area contributed by atoms with Crippen LogP contribution in [0.1, 0.15) is 31.8 Å². The van der Waals surface area contributed by atoms with Crippen LogP contribution in [-0.2, 0) is 16.0 Å². The highest BCUT2D eigenvalue weighted by molar-refractivity contribution is 5.99. The van der Waals surface area contributed by atoms with Crippen LogP contribution in [0.2, 0.25) is 0 Å². The molecule has 0 aromatic heterocycles. The van der Waals surface area contributed by atoms with E-state index >= 15 is 0 Å². The molecule has 1 amide bonds. The Morgan fingerprint density at radius 2 is 1.76 bits per heavy atom. The average Bonchev–Trinajstić information content (AvgIpc) is 2.60. The first-order chi connectivity index (χ1) is 11.9.